The number of benzene rings is 3. The summed E-state index contributed by atoms with van der Waals surface area (Å²) in [7, 11) is 0. The van der Waals surface area contributed by atoms with Gasteiger partial charge in [-0.25, -0.2) is 9.37 Å². The Morgan fingerprint density at radius 3 is 2.62 bits per heavy atom. The largest absolute Gasteiger partial charge is 0.493 e. The molecule has 2 heterocycles. The number of aryl methyl sites for hydroxylation is 2. The van der Waals surface area contributed by atoms with Gasteiger partial charge in [0.25, 0.3) is 0 Å². The van der Waals surface area contributed by atoms with Crippen molar-refractivity contribution in [2.24, 2.45) is 0 Å². The molecule has 6 heteroatoms. The molecule has 174 valence electrons. The van der Waals surface area contributed by atoms with E-state index in [2.05, 4.69) is 10.6 Å². The molecule has 4 aromatic rings. The molecule has 1 atom stereocenters. The van der Waals surface area contributed by atoms with Crippen molar-refractivity contribution < 1.29 is 13.9 Å². The van der Waals surface area contributed by atoms with E-state index in [1.807, 2.05) is 54.3 Å². The summed E-state index contributed by atoms with van der Waals surface area (Å²) in [5.41, 5.74) is 4.08. The molecule has 5 nitrogen and oxygen atoms in total. The summed E-state index contributed by atoms with van der Waals surface area (Å²) in [6.45, 7) is 4.52. The van der Waals surface area contributed by atoms with Gasteiger partial charge in [0.15, 0.2) is 0 Å². The van der Waals surface area contributed by atoms with Crippen LogP contribution in [0.2, 0.25) is 0 Å². The second kappa shape index (κ2) is 9.67. The number of aromatic nitrogens is 2. The lowest BCUT2D eigenvalue weighted by atomic mass is 10.1. The smallest absolute Gasteiger partial charge is 0.223 e. The lowest BCUT2D eigenvalue weighted by Crippen LogP contribution is -2.24. The molecule has 0 N–H and O–H groups in total. The molecule has 0 spiro atoms. The number of nitrogens with zero attached hydrogens (tertiary/aromatic N) is 3. The average Bonchev–Trinajstić information content (AvgIpc) is 3.39. The van der Waals surface area contributed by atoms with Crippen LogP contribution in [-0.4, -0.2) is 33.5 Å². The number of rotatable bonds is 8. The summed E-state index contributed by atoms with van der Waals surface area (Å²) in [6.07, 6.45) is 1.27. The molecule has 1 fully saturated rings. The third kappa shape index (κ3) is 4.67. The van der Waals surface area contributed by atoms with Crippen molar-refractivity contribution in [1.82, 2.24) is 14.5 Å². The second-order valence-electron chi connectivity index (χ2n) is 8.88. The molecule has 1 unspecified atom stereocenters. The first-order valence-corrected chi connectivity index (χ1v) is 11.7. The minimum absolute atomic E-state index is 0.0256. The molecular weight excluding hydrogens is 429 g/mol. The van der Waals surface area contributed by atoms with E-state index in [0.29, 0.717) is 26.1 Å². The van der Waals surface area contributed by atoms with Gasteiger partial charge < -0.3 is 14.2 Å². The van der Waals surface area contributed by atoms with E-state index < -0.39 is 0 Å². The molecule has 1 saturated heterocycles. The number of imidazole rings is 1. The first kappa shape index (κ1) is 22.1. The summed E-state index contributed by atoms with van der Waals surface area (Å²) in [6, 6.07) is 22.5. The zero-order valence-electron chi connectivity index (χ0n) is 19.3. The Labute approximate surface area is 198 Å². The van der Waals surface area contributed by atoms with Crippen LogP contribution in [0.5, 0.6) is 5.75 Å². The first-order chi connectivity index (χ1) is 16.6. The predicted octanol–water partition coefficient (Wildman–Crippen LogP) is 5.47. The van der Waals surface area contributed by atoms with Crippen molar-refractivity contribution >= 4 is 16.9 Å². The number of fused-ring (bicyclic) bond motifs is 1. The minimum Gasteiger partial charge on any atom is -0.493 e. The van der Waals surface area contributed by atoms with Gasteiger partial charge in [0.05, 0.1) is 17.6 Å². The van der Waals surface area contributed by atoms with Gasteiger partial charge >= 0.3 is 0 Å². The molecule has 1 amide bonds. The van der Waals surface area contributed by atoms with E-state index in [1.54, 1.807) is 12.1 Å². The number of hydrogen-bond donors (Lipinski definition) is 0. The molecule has 34 heavy (non-hydrogen) atoms. The van der Waals surface area contributed by atoms with Crippen molar-refractivity contribution in [3.63, 3.8) is 0 Å². The fourth-order valence-corrected chi connectivity index (χ4v) is 4.67. The number of likely N-dealkylation sites (tertiary alicyclic amines) is 1. The second-order valence-corrected chi connectivity index (χ2v) is 8.88. The lowest BCUT2D eigenvalue weighted by Gasteiger charge is -2.17. The Hall–Kier alpha value is -3.67. The number of carbonyl (C=O) groups is 1. The summed E-state index contributed by atoms with van der Waals surface area (Å²) in [5, 5.41) is 0. The summed E-state index contributed by atoms with van der Waals surface area (Å²) < 4.78 is 21.5. The van der Waals surface area contributed by atoms with Crippen LogP contribution < -0.4 is 4.74 Å². The molecule has 0 bridgehead atoms. The minimum atomic E-state index is -0.269. The Kier molecular flexibility index (Phi) is 6.30. The number of ether oxygens (including phenoxy) is 1. The molecule has 3 aromatic carbocycles. The number of halogens is 1. The highest BCUT2D eigenvalue weighted by Gasteiger charge is 2.33. The molecular formula is C28H28FN3O2. The fourth-order valence-electron chi connectivity index (χ4n) is 4.67. The SMILES string of the molecule is Cc1ccccc1OCCCn1c(C2CC(=O)N(Cc3ccc(F)cc3)C2)nc2ccccc21. The quantitative estimate of drug-likeness (QED) is 0.330. The van der Waals surface area contributed by atoms with Gasteiger partial charge in [-0.3, -0.25) is 4.79 Å². The van der Waals surface area contributed by atoms with E-state index >= 15 is 0 Å². The number of amides is 1. The van der Waals surface area contributed by atoms with Gasteiger partial charge in [-0.15, -0.1) is 0 Å². The third-order valence-corrected chi connectivity index (χ3v) is 6.43. The number of hydrogen-bond acceptors (Lipinski definition) is 3. The molecule has 1 aliphatic rings. The molecule has 0 aliphatic carbocycles. The van der Waals surface area contributed by atoms with E-state index in [4.69, 9.17) is 9.72 Å². The fraction of sp³-hybridized carbons (Fsp3) is 0.286. The highest BCUT2D eigenvalue weighted by molar-refractivity contribution is 5.81. The number of carbonyl (C=O) groups excluding carboxylic acids is 1. The van der Waals surface area contributed by atoms with Crippen LogP contribution in [0.4, 0.5) is 4.39 Å². The molecule has 0 saturated carbocycles. The van der Waals surface area contributed by atoms with Crippen molar-refractivity contribution in [2.45, 2.75) is 38.8 Å². The van der Waals surface area contributed by atoms with E-state index in [1.165, 1.54) is 12.1 Å². The summed E-state index contributed by atoms with van der Waals surface area (Å²) >= 11 is 0. The molecule has 0 radical (unpaired) electrons. The maximum atomic E-state index is 13.2. The maximum Gasteiger partial charge on any atom is 0.223 e. The van der Waals surface area contributed by atoms with Crippen LogP contribution in [0.3, 0.4) is 0 Å². The molecule has 1 aliphatic heterocycles. The highest BCUT2D eigenvalue weighted by Crippen LogP contribution is 2.31. The van der Waals surface area contributed by atoms with Gasteiger partial charge in [-0.1, -0.05) is 42.5 Å². The van der Waals surface area contributed by atoms with Gasteiger partial charge in [0, 0.05) is 32.0 Å². The van der Waals surface area contributed by atoms with Crippen LogP contribution >= 0.6 is 0 Å². The van der Waals surface area contributed by atoms with E-state index in [-0.39, 0.29) is 17.6 Å². The zero-order chi connectivity index (χ0) is 23.5. The maximum absolute atomic E-state index is 13.2. The van der Waals surface area contributed by atoms with E-state index in [0.717, 1.165) is 46.7 Å². The van der Waals surface area contributed by atoms with E-state index in [9.17, 15) is 9.18 Å². The zero-order valence-corrected chi connectivity index (χ0v) is 19.3. The van der Waals surface area contributed by atoms with Crippen LogP contribution in [0, 0.1) is 12.7 Å². The Morgan fingerprint density at radius 1 is 1.03 bits per heavy atom. The van der Waals surface area contributed by atoms with Crippen LogP contribution in [0.1, 0.15) is 35.7 Å². The van der Waals surface area contributed by atoms with Crippen LogP contribution in [-0.2, 0) is 17.9 Å². The lowest BCUT2D eigenvalue weighted by molar-refractivity contribution is -0.128. The van der Waals surface area contributed by atoms with Crippen LogP contribution in [0.25, 0.3) is 11.0 Å². The summed E-state index contributed by atoms with van der Waals surface area (Å²) in [4.78, 5) is 19.6. The molecule has 5 rings (SSSR count). The average molecular weight is 458 g/mol. The highest BCUT2D eigenvalue weighted by atomic mass is 19.1. The summed E-state index contributed by atoms with van der Waals surface area (Å²) in [5.74, 6) is 1.73. The topological polar surface area (TPSA) is 47.4 Å². The third-order valence-electron chi connectivity index (χ3n) is 6.43. The van der Waals surface area contributed by atoms with Gasteiger partial charge in [-0.2, -0.15) is 0 Å². The van der Waals surface area contributed by atoms with Crippen molar-refractivity contribution in [2.75, 3.05) is 13.2 Å². The normalized spacial score (nSPS) is 15.9. The van der Waals surface area contributed by atoms with Crippen molar-refractivity contribution in [1.29, 1.82) is 0 Å². The Morgan fingerprint density at radius 2 is 1.79 bits per heavy atom. The van der Waals surface area contributed by atoms with Crippen LogP contribution in [0.15, 0.2) is 72.8 Å². The standard InChI is InChI=1S/C28H28FN3O2/c1-20-7-2-5-10-26(20)34-16-6-15-32-25-9-4-3-8-24(25)30-28(32)22-17-27(33)31(19-22)18-21-11-13-23(29)14-12-21/h2-5,7-14,22H,6,15-19H2,1H3. The van der Waals surface area contributed by atoms with Crippen molar-refractivity contribution in [3.05, 3.63) is 95.6 Å². The monoisotopic (exact) mass is 457 g/mol. The molecule has 1 aromatic heterocycles. The Balaban J connectivity index is 1.31. The van der Waals surface area contributed by atoms with Gasteiger partial charge in [-0.05, 0) is 54.8 Å². The first-order valence-electron chi connectivity index (χ1n) is 11.7. The van der Waals surface area contributed by atoms with Gasteiger partial charge in [0.1, 0.15) is 17.4 Å². The number of para-hydroxylation sites is 3. The van der Waals surface area contributed by atoms with Gasteiger partial charge in [0.2, 0.25) is 5.91 Å². The van der Waals surface area contributed by atoms with Crippen molar-refractivity contribution in [3.8, 4) is 5.75 Å². The predicted molar refractivity (Wildman–Crippen MR) is 130 cm³/mol. The Bertz CT molecular complexity index is 1300.